The first-order chi connectivity index (χ1) is 8.35. The highest BCUT2D eigenvalue weighted by Crippen LogP contribution is 2.30. The molecule has 1 aliphatic heterocycles. The van der Waals surface area contributed by atoms with Crippen LogP contribution in [0, 0.1) is 11.3 Å². The van der Waals surface area contributed by atoms with Gasteiger partial charge in [-0.25, -0.2) is 0 Å². The number of hydrogen-bond donors (Lipinski definition) is 2. The van der Waals surface area contributed by atoms with Crippen molar-refractivity contribution in [1.29, 1.82) is 0 Å². The number of aliphatic hydroxyl groups is 1. The zero-order chi connectivity index (χ0) is 13.8. The highest BCUT2D eigenvalue weighted by molar-refractivity contribution is 4.86. The molecule has 0 aromatic carbocycles. The first-order valence-electron chi connectivity index (χ1n) is 7.46. The Bertz CT molecular complexity index is 241. The molecule has 3 N–H and O–H groups in total. The van der Waals surface area contributed by atoms with Crippen LogP contribution in [0.4, 0.5) is 0 Å². The highest BCUT2D eigenvalue weighted by Gasteiger charge is 2.29. The van der Waals surface area contributed by atoms with Crippen molar-refractivity contribution in [2.75, 3.05) is 19.7 Å². The average Bonchev–Trinajstić information content (AvgIpc) is 2.40. The second kappa shape index (κ2) is 6.88. The third-order valence-corrected chi connectivity index (χ3v) is 4.27. The number of nitrogens with zero attached hydrogens (tertiary/aromatic N) is 1. The predicted octanol–water partition coefficient (Wildman–Crippen LogP) is 2.23. The monoisotopic (exact) mass is 256 g/mol. The topological polar surface area (TPSA) is 49.5 Å². The van der Waals surface area contributed by atoms with Gasteiger partial charge in [0.15, 0.2) is 0 Å². The van der Waals surface area contributed by atoms with E-state index in [1.54, 1.807) is 0 Å². The Balaban J connectivity index is 2.59. The van der Waals surface area contributed by atoms with E-state index < -0.39 is 0 Å². The lowest BCUT2D eigenvalue weighted by atomic mass is 9.85. The smallest absolute Gasteiger partial charge is 0.0601 e. The molecular formula is C15H32N2O. The van der Waals surface area contributed by atoms with Crippen molar-refractivity contribution in [3.63, 3.8) is 0 Å². The fourth-order valence-electron chi connectivity index (χ4n) is 3.00. The second-order valence-corrected chi connectivity index (χ2v) is 7.10. The lowest BCUT2D eigenvalue weighted by Gasteiger charge is -2.34. The van der Waals surface area contributed by atoms with Gasteiger partial charge in [-0.05, 0) is 50.1 Å². The molecule has 1 rings (SSSR count). The van der Waals surface area contributed by atoms with Gasteiger partial charge in [-0.15, -0.1) is 0 Å². The standard InChI is InChI=1S/C15H32N2O/c1-12(2)10-13(16)14(11-18)17-8-5-6-15(3,4)7-9-17/h12-14,18H,5-11,16H2,1-4H3. The van der Waals surface area contributed by atoms with Crippen LogP contribution in [0.1, 0.15) is 53.4 Å². The van der Waals surface area contributed by atoms with Gasteiger partial charge in [-0.2, -0.15) is 0 Å². The van der Waals surface area contributed by atoms with Crippen molar-refractivity contribution in [2.45, 2.75) is 65.5 Å². The van der Waals surface area contributed by atoms with Crippen LogP contribution < -0.4 is 5.73 Å². The maximum absolute atomic E-state index is 9.66. The van der Waals surface area contributed by atoms with E-state index in [2.05, 4.69) is 32.6 Å². The minimum absolute atomic E-state index is 0.0937. The van der Waals surface area contributed by atoms with Crippen LogP contribution in [-0.2, 0) is 0 Å². The summed E-state index contributed by atoms with van der Waals surface area (Å²) >= 11 is 0. The molecule has 1 saturated heterocycles. The average molecular weight is 256 g/mol. The highest BCUT2D eigenvalue weighted by atomic mass is 16.3. The Kier molecular flexibility index (Phi) is 6.09. The lowest BCUT2D eigenvalue weighted by molar-refractivity contribution is 0.0981. The normalized spacial score (nSPS) is 24.8. The van der Waals surface area contributed by atoms with Crippen LogP contribution in [0.25, 0.3) is 0 Å². The lowest BCUT2D eigenvalue weighted by Crippen LogP contribution is -2.51. The first-order valence-corrected chi connectivity index (χ1v) is 7.46. The molecule has 108 valence electrons. The summed E-state index contributed by atoms with van der Waals surface area (Å²) < 4.78 is 0. The van der Waals surface area contributed by atoms with Crippen LogP contribution in [0.15, 0.2) is 0 Å². The van der Waals surface area contributed by atoms with E-state index in [0.717, 1.165) is 19.5 Å². The van der Waals surface area contributed by atoms with Crippen LogP contribution in [-0.4, -0.2) is 41.8 Å². The quantitative estimate of drug-likeness (QED) is 0.793. The zero-order valence-corrected chi connectivity index (χ0v) is 12.7. The second-order valence-electron chi connectivity index (χ2n) is 7.10. The molecular weight excluding hydrogens is 224 g/mol. The Morgan fingerprint density at radius 3 is 2.44 bits per heavy atom. The van der Waals surface area contributed by atoms with Gasteiger partial charge >= 0.3 is 0 Å². The minimum Gasteiger partial charge on any atom is -0.395 e. The first kappa shape index (κ1) is 15.9. The summed E-state index contributed by atoms with van der Waals surface area (Å²) in [5.74, 6) is 0.595. The summed E-state index contributed by atoms with van der Waals surface area (Å²) in [7, 11) is 0. The van der Waals surface area contributed by atoms with E-state index in [0.29, 0.717) is 11.3 Å². The molecule has 2 atom stereocenters. The summed E-state index contributed by atoms with van der Waals surface area (Å²) in [6.45, 7) is 11.4. The van der Waals surface area contributed by atoms with E-state index in [9.17, 15) is 5.11 Å². The molecule has 18 heavy (non-hydrogen) atoms. The predicted molar refractivity (Wildman–Crippen MR) is 77.5 cm³/mol. The van der Waals surface area contributed by atoms with Crippen LogP contribution in [0.2, 0.25) is 0 Å². The van der Waals surface area contributed by atoms with Gasteiger partial charge in [0, 0.05) is 12.1 Å². The van der Waals surface area contributed by atoms with Gasteiger partial charge in [-0.3, -0.25) is 4.90 Å². The Labute approximate surface area is 113 Å². The molecule has 0 spiro atoms. The molecule has 0 saturated carbocycles. The third-order valence-electron chi connectivity index (χ3n) is 4.27. The van der Waals surface area contributed by atoms with Gasteiger partial charge < -0.3 is 10.8 Å². The van der Waals surface area contributed by atoms with E-state index in [4.69, 9.17) is 5.73 Å². The van der Waals surface area contributed by atoms with Gasteiger partial charge in [0.25, 0.3) is 0 Å². The third kappa shape index (κ3) is 4.87. The molecule has 0 radical (unpaired) electrons. The van der Waals surface area contributed by atoms with Crippen LogP contribution in [0.3, 0.4) is 0 Å². The molecule has 1 aliphatic rings. The molecule has 0 aliphatic carbocycles. The molecule has 3 nitrogen and oxygen atoms in total. The Morgan fingerprint density at radius 2 is 1.89 bits per heavy atom. The number of likely N-dealkylation sites (tertiary alicyclic amines) is 1. The van der Waals surface area contributed by atoms with Crippen molar-refractivity contribution in [1.82, 2.24) is 4.90 Å². The summed E-state index contributed by atoms with van der Waals surface area (Å²) in [5.41, 5.74) is 6.72. The SMILES string of the molecule is CC(C)CC(N)C(CO)N1CCCC(C)(C)CC1. The Hall–Kier alpha value is -0.120. The fraction of sp³-hybridized carbons (Fsp3) is 1.00. The number of nitrogens with two attached hydrogens (primary N) is 1. The van der Waals surface area contributed by atoms with Gasteiger partial charge in [0.2, 0.25) is 0 Å². The molecule has 0 bridgehead atoms. The number of rotatable bonds is 5. The minimum atomic E-state index is 0.0937. The Morgan fingerprint density at radius 1 is 1.22 bits per heavy atom. The maximum Gasteiger partial charge on any atom is 0.0601 e. The summed E-state index contributed by atoms with van der Waals surface area (Å²) in [4.78, 5) is 2.42. The van der Waals surface area contributed by atoms with Gasteiger partial charge in [-0.1, -0.05) is 27.7 Å². The summed E-state index contributed by atoms with van der Waals surface area (Å²) in [5, 5.41) is 9.66. The zero-order valence-electron chi connectivity index (χ0n) is 12.7. The van der Waals surface area contributed by atoms with Crippen molar-refractivity contribution in [3.8, 4) is 0 Å². The molecule has 0 amide bonds. The molecule has 1 fully saturated rings. The summed E-state index contributed by atoms with van der Waals surface area (Å²) in [6.07, 6.45) is 4.70. The largest absolute Gasteiger partial charge is 0.395 e. The van der Waals surface area contributed by atoms with Crippen molar-refractivity contribution in [2.24, 2.45) is 17.1 Å². The van der Waals surface area contributed by atoms with Crippen LogP contribution >= 0.6 is 0 Å². The van der Waals surface area contributed by atoms with E-state index in [1.165, 1.54) is 19.3 Å². The molecule has 1 heterocycles. The van der Waals surface area contributed by atoms with Gasteiger partial charge in [0.1, 0.15) is 0 Å². The molecule has 3 heteroatoms. The summed E-state index contributed by atoms with van der Waals surface area (Å²) in [6, 6.07) is 0.234. The molecule has 2 unspecified atom stereocenters. The van der Waals surface area contributed by atoms with E-state index in [-0.39, 0.29) is 18.7 Å². The van der Waals surface area contributed by atoms with Crippen LogP contribution in [0.5, 0.6) is 0 Å². The molecule has 0 aromatic rings. The number of hydrogen-bond acceptors (Lipinski definition) is 3. The van der Waals surface area contributed by atoms with E-state index in [1.807, 2.05) is 0 Å². The molecule has 0 aromatic heterocycles. The van der Waals surface area contributed by atoms with Gasteiger partial charge in [0.05, 0.1) is 6.61 Å². The maximum atomic E-state index is 9.66. The van der Waals surface area contributed by atoms with Crippen molar-refractivity contribution in [3.05, 3.63) is 0 Å². The van der Waals surface area contributed by atoms with Crippen molar-refractivity contribution < 1.29 is 5.11 Å². The van der Waals surface area contributed by atoms with E-state index >= 15 is 0 Å². The van der Waals surface area contributed by atoms with Crippen molar-refractivity contribution >= 4 is 0 Å². The number of aliphatic hydroxyl groups excluding tert-OH is 1. The fourth-order valence-corrected chi connectivity index (χ4v) is 3.00.